The number of carbonyl (C=O) groups is 1. The van der Waals surface area contributed by atoms with Crippen LogP contribution in [0.5, 0.6) is 0 Å². The summed E-state index contributed by atoms with van der Waals surface area (Å²) in [4.78, 5) is 16.0. The number of aromatic nitrogens is 1. The zero-order valence-electron chi connectivity index (χ0n) is 10.6. The van der Waals surface area contributed by atoms with Gasteiger partial charge in [0.15, 0.2) is 11.5 Å². The number of anilines is 1. The van der Waals surface area contributed by atoms with E-state index in [2.05, 4.69) is 10.3 Å². The minimum absolute atomic E-state index is 0.184. The van der Waals surface area contributed by atoms with Crippen LogP contribution in [0.15, 0.2) is 22.6 Å². The van der Waals surface area contributed by atoms with Gasteiger partial charge in [-0.1, -0.05) is 13.8 Å². The highest BCUT2D eigenvalue weighted by Gasteiger charge is 2.12. The number of benzene rings is 1. The van der Waals surface area contributed by atoms with Crippen LogP contribution in [0, 0.1) is 0 Å². The highest BCUT2D eigenvalue weighted by molar-refractivity contribution is 5.96. The van der Waals surface area contributed by atoms with E-state index in [9.17, 15) is 4.79 Å². The zero-order valence-corrected chi connectivity index (χ0v) is 10.6. The summed E-state index contributed by atoms with van der Waals surface area (Å²) in [6, 6.07) is 4.89. The Bertz CT molecular complexity index is 562. The van der Waals surface area contributed by atoms with Crippen molar-refractivity contribution < 1.29 is 9.21 Å². The minimum Gasteiger partial charge on any atom is -0.441 e. The highest BCUT2D eigenvalue weighted by atomic mass is 16.3. The molecule has 0 spiro atoms. The topological polar surface area (TPSA) is 81.2 Å². The van der Waals surface area contributed by atoms with Gasteiger partial charge in [-0.25, -0.2) is 4.98 Å². The standard InChI is InChI=1S/C13H17N3O2/c1-3-9(14)13(17)15-8-5-6-11-10(7-8)16-12(4-2)18-11/h5-7,9H,3-4,14H2,1-2H3,(H,15,17). The summed E-state index contributed by atoms with van der Waals surface area (Å²) < 4.78 is 5.50. The van der Waals surface area contributed by atoms with Crippen LogP contribution in [0.3, 0.4) is 0 Å². The molecule has 0 aliphatic heterocycles. The number of nitrogens with one attached hydrogen (secondary N) is 1. The monoisotopic (exact) mass is 247 g/mol. The smallest absolute Gasteiger partial charge is 0.241 e. The van der Waals surface area contributed by atoms with Crippen molar-refractivity contribution in [2.75, 3.05) is 5.32 Å². The third-order valence-corrected chi connectivity index (χ3v) is 2.78. The van der Waals surface area contributed by atoms with Crippen LogP contribution in [0.4, 0.5) is 5.69 Å². The number of carbonyl (C=O) groups excluding carboxylic acids is 1. The van der Waals surface area contributed by atoms with Gasteiger partial charge in [0.2, 0.25) is 5.91 Å². The maximum absolute atomic E-state index is 11.7. The van der Waals surface area contributed by atoms with Crippen LogP contribution >= 0.6 is 0 Å². The maximum atomic E-state index is 11.7. The van der Waals surface area contributed by atoms with Crippen molar-refractivity contribution in [3.8, 4) is 0 Å². The lowest BCUT2D eigenvalue weighted by Gasteiger charge is -2.09. The Balaban J connectivity index is 2.21. The van der Waals surface area contributed by atoms with E-state index >= 15 is 0 Å². The van der Waals surface area contributed by atoms with Crippen molar-refractivity contribution in [3.63, 3.8) is 0 Å². The molecule has 0 bridgehead atoms. The lowest BCUT2D eigenvalue weighted by atomic mass is 10.2. The predicted octanol–water partition coefficient (Wildman–Crippen LogP) is 2.07. The molecular formula is C13H17N3O2. The highest BCUT2D eigenvalue weighted by Crippen LogP contribution is 2.20. The Hall–Kier alpha value is -1.88. The van der Waals surface area contributed by atoms with Crippen molar-refractivity contribution in [2.24, 2.45) is 5.73 Å². The first-order chi connectivity index (χ1) is 8.63. The largest absolute Gasteiger partial charge is 0.441 e. The molecule has 96 valence electrons. The first kappa shape index (κ1) is 12.6. The molecule has 1 aromatic heterocycles. The Morgan fingerprint density at radius 1 is 1.50 bits per heavy atom. The van der Waals surface area contributed by atoms with Crippen molar-refractivity contribution in [3.05, 3.63) is 24.1 Å². The lowest BCUT2D eigenvalue weighted by molar-refractivity contribution is -0.117. The molecule has 0 radical (unpaired) electrons. The fraction of sp³-hybridized carbons (Fsp3) is 0.385. The number of fused-ring (bicyclic) bond motifs is 1. The summed E-state index contributed by atoms with van der Waals surface area (Å²) in [5.74, 6) is 0.509. The molecule has 0 aliphatic rings. The second kappa shape index (κ2) is 5.18. The van der Waals surface area contributed by atoms with Crippen molar-refractivity contribution in [1.82, 2.24) is 4.98 Å². The average molecular weight is 247 g/mol. The van der Waals surface area contributed by atoms with Crippen LogP contribution in [-0.2, 0) is 11.2 Å². The normalized spacial score (nSPS) is 12.6. The van der Waals surface area contributed by atoms with Crippen molar-refractivity contribution >= 4 is 22.7 Å². The van der Waals surface area contributed by atoms with Gasteiger partial charge in [-0.3, -0.25) is 4.79 Å². The number of aryl methyl sites for hydroxylation is 1. The van der Waals surface area contributed by atoms with Crippen LogP contribution < -0.4 is 11.1 Å². The Kier molecular flexibility index (Phi) is 3.62. The third kappa shape index (κ3) is 2.51. The van der Waals surface area contributed by atoms with Crippen LogP contribution in [0.25, 0.3) is 11.1 Å². The molecular weight excluding hydrogens is 230 g/mol. The van der Waals surface area contributed by atoms with Gasteiger partial charge in [-0.2, -0.15) is 0 Å². The van der Waals surface area contributed by atoms with E-state index in [1.165, 1.54) is 0 Å². The summed E-state index contributed by atoms with van der Waals surface area (Å²) >= 11 is 0. The van der Waals surface area contributed by atoms with E-state index < -0.39 is 6.04 Å². The van der Waals surface area contributed by atoms with Gasteiger partial charge in [0.05, 0.1) is 6.04 Å². The minimum atomic E-state index is -0.482. The Labute approximate surface area is 105 Å². The number of rotatable bonds is 4. The molecule has 1 heterocycles. The van der Waals surface area contributed by atoms with Gasteiger partial charge in [0.1, 0.15) is 5.52 Å². The maximum Gasteiger partial charge on any atom is 0.241 e. The second-order valence-corrected chi connectivity index (χ2v) is 4.15. The molecule has 0 saturated heterocycles. The molecule has 2 rings (SSSR count). The van der Waals surface area contributed by atoms with Crippen LogP contribution in [-0.4, -0.2) is 16.9 Å². The average Bonchev–Trinajstić information content (AvgIpc) is 2.79. The van der Waals surface area contributed by atoms with E-state index in [1.54, 1.807) is 18.2 Å². The van der Waals surface area contributed by atoms with Crippen LogP contribution in [0.2, 0.25) is 0 Å². The molecule has 0 aliphatic carbocycles. The molecule has 1 atom stereocenters. The first-order valence-electron chi connectivity index (χ1n) is 6.10. The summed E-state index contributed by atoms with van der Waals surface area (Å²) in [5.41, 5.74) is 7.82. The molecule has 2 aromatic rings. The van der Waals surface area contributed by atoms with Gasteiger partial charge in [0.25, 0.3) is 0 Å². The van der Waals surface area contributed by atoms with E-state index in [0.29, 0.717) is 18.0 Å². The summed E-state index contributed by atoms with van der Waals surface area (Å²) in [6.07, 6.45) is 1.36. The molecule has 1 aromatic carbocycles. The van der Waals surface area contributed by atoms with Crippen molar-refractivity contribution in [1.29, 1.82) is 0 Å². The predicted molar refractivity (Wildman–Crippen MR) is 70.3 cm³/mol. The number of oxazole rings is 1. The summed E-state index contributed by atoms with van der Waals surface area (Å²) in [6.45, 7) is 3.85. The number of nitrogens with zero attached hydrogens (tertiary/aromatic N) is 1. The van der Waals surface area contributed by atoms with Gasteiger partial charge >= 0.3 is 0 Å². The number of hydrogen-bond donors (Lipinski definition) is 2. The molecule has 0 fully saturated rings. The Morgan fingerprint density at radius 2 is 2.28 bits per heavy atom. The molecule has 1 amide bonds. The number of amides is 1. The molecule has 0 saturated carbocycles. The van der Waals surface area contributed by atoms with Gasteiger partial charge in [0, 0.05) is 12.1 Å². The van der Waals surface area contributed by atoms with Crippen LogP contribution in [0.1, 0.15) is 26.2 Å². The van der Waals surface area contributed by atoms with E-state index in [1.807, 2.05) is 13.8 Å². The fourth-order valence-electron chi connectivity index (χ4n) is 1.62. The molecule has 5 nitrogen and oxygen atoms in total. The third-order valence-electron chi connectivity index (χ3n) is 2.78. The molecule has 18 heavy (non-hydrogen) atoms. The van der Waals surface area contributed by atoms with Gasteiger partial charge < -0.3 is 15.5 Å². The summed E-state index contributed by atoms with van der Waals surface area (Å²) in [5, 5.41) is 2.77. The van der Waals surface area contributed by atoms with E-state index in [-0.39, 0.29) is 5.91 Å². The SMILES string of the molecule is CCc1nc2cc(NC(=O)C(N)CC)ccc2o1. The molecule has 5 heteroatoms. The van der Waals surface area contributed by atoms with E-state index in [0.717, 1.165) is 17.5 Å². The van der Waals surface area contributed by atoms with Gasteiger partial charge in [-0.05, 0) is 24.6 Å². The Morgan fingerprint density at radius 3 is 2.94 bits per heavy atom. The van der Waals surface area contributed by atoms with E-state index in [4.69, 9.17) is 10.2 Å². The molecule has 1 unspecified atom stereocenters. The molecule has 3 N–H and O–H groups in total. The summed E-state index contributed by atoms with van der Waals surface area (Å²) in [7, 11) is 0. The lowest BCUT2D eigenvalue weighted by Crippen LogP contribution is -2.34. The number of hydrogen-bond acceptors (Lipinski definition) is 4. The second-order valence-electron chi connectivity index (χ2n) is 4.15. The van der Waals surface area contributed by atoms with Crippen molar-refractivity contribution in [2.45, 2.75) is 32.7 Å². The van der Waals surface area contributed by atoms with Gasteiger partial charge in [-0.15, -0.1) is 0 Å². The quantitative estimate of drug-likeness (QED) is 0.866. The first-order valence-corrected chi connectivity index (χ1v) is 6.10. The zero-order chi connectivity index (χ0) is 13.1. The number of nitrogens with two attached hydrogens (primary N) is 1. The fourth-order valence-corrected chi connectivity index (χ4v) is 1.62.